The summed E-state index contributed by atoms with van der Waals surface area (Å²) in [4.78, 5) is 12.0. The Labute approximate surface area is 124 Å². The lowest BCUT2D eigenvalue weighted by Gasteiger charge is -2.14. The van der Waals surface area contributed by atoms with Gasteiger partial charge in [-0.05, 0) is 19.1 Å². The molecule has 0 bridgehead atoms. The highest BCUT2D eigenvalue weighted by atomic mass is 32.2. The summed E-state index contributed by atoms with van der Waals surface area (Å²) in [6.45, 7) is 4.71. The molecule has 0 heterocycles. The average Bonchev–Trinajstić information content (AvgIpc) is 2.46. The third-order valence-corrected chi connectivity index (χ3v) is 4.90. The second-order valence-electron chi connectivity index (χ2n) is 4.32. The monoisotopic (exact) mass is 313 g/mol. The van der Waals surface area contributed by atoms with Gasteiger partial charge in [-0.1, -0.05) is 6.08 Å². The molecule has 1 amide bonds. The number of benzene rings is 1. The molecule has 0 saturated carbocycles. The topological polar surface area (TPSA) is 81.7 Å². The lowest BCUT2D eigenvalue weighted by Crippen LogP contribution is -2.33. The van der Waals surface area contributed by atoms with Gasteiger partial charge in [0.15, 0.2) is 21.3 Å². The lowest BCUT2D eigenvalue weighted by atomic mass is 10.2. The molecule has 21 heavy (non-hydrogen) atoms. The minimum absolute atomic E-state index is 0.243. The number of ether oxygens (including phenoxy) is 2. The Kier molecular flexibility index (Phi) is 5.78. The van der Waals surface area contributed by atoms with Crippen molar-refractivity contribution in [2.45, 2.75) is 12.2 Å². The van der Waals surface area contributed by atoms with E-state index in [1.807, 2.05) is 0 Å². The van der Waals surface area contributed by atoms with Crippen molar-refractivity contribution in [3.05, 3.63) is 30.9 Å². The van der Waals surface area contributed by atoms with E-state index in [0.29, 0.717) is 17.2 Å². The van der Waals surface area contributed by atoms with Crippen molar-refractivity contribution in [3.63, 3.8) is 0 Å². The van der Waals surface area contributed by atoms with Gasteiger partial charge in [0.05, 0.1) is 20.0 Å². The fourth-order valence-corrected chi connectivity index (χ4v) is 2.63. The summed E-state index contributed by atoms with van der Waals surface area (Å²) in [5, 5.41) is 1.38. The molecule has 1 rings (SSSR count). The van der Waals surface area contributed by atoms with Gasteiger partial charge < -0.3 is 14.8 Å². The number of hydrogen-bond donors (Lipinski definition) is 1. The van der Waals surface area contributed by atoms with Gasteiger partial charge in [-0.3, -0.25) is 4.79 Å². The summed E-state index contributed by atoms with van der Waals surface area (Å²) in [7, 11) is -0.571. The number of sulfone groups is 1. The van der Waals surface area contributed by atoms with Crippen LogP contribution in [0.5, 0.6) is 11.5 Å². The van der Waals surface area contributed by atoms with Gasteiger partial charge in [-0.15, -0.1) is 6.58 Å². The van der Waals surface area contributed by atoms with Crippen LogP contribution in [0.4, 0.5) is 5.69 Å². The van der Waals surface area contributed by atoms with Gasteiger partial charge in [-0.25, -0.2) is 8.42 Å². The Balaban J connectivity index is 2.91. The van der Waals surface area contributed by atoms with Crippen molar-refractivity contribution in [2.75, 3.05) is 25.3 Å². The van der Waals surface area contributed by atoms with Crippen LogP contribution in [0.15, 0.2) is 30.9 Å². The van der Waals surface area contributed by atoms with Crippen molar-refractivity contribution in [3.8, 4) is 11.5 Å². The zero-order chi connectivity index (χ0) is 16.0. The first-order valence-corrected chi connectivity index (χ1v) is 7.92. The molecule has 1 aromatic rings. The predicted octanol–water partition coefficient (Wildman–Crippen LogP) is 1.63. The van der Waals surface area contributed by atoms with E-state index < -0.39 is 21.0 Å². The first-order valence-electron chi connectivity index (χ1n) is 6.21. The molecule has 0 radical (unpaired) electrons. The van der Waals surface area contributed by atoms with Crippen molar-refractivity contribution in [1.29, 1.82) is 0 Å². The van der Waals surface area contributed by atoms with Crippen molar-refractivity contribution >= 4 is 21.4 Å². The van der Waals surface area contributed by atoms with E-state index in [2.05, 4.69) is 11.9 Å². The maximum Gasteiger partial charge on any atom is 0.242 e. The first kappa shape index (κ1) is 17.0. The predicted molar refractivity (Wildman–Crippen MR) is 81.6 cm³/mol. The number of carbonyl (C=O) groups is 1. The minimum Gasteiger partial charge on any atom is -0.493 e. The molecule has 0 spiro atoms. The Morgan fingerprint density at radius 3 is 2.48 bits per heavy atom. The molecular weight excluding hydrogens is 294 g/mol. The zero-order valence-corrected chi connectivity index (χ0v) is 13.1. The van der Waals surface area contributed by atoms with Crippen LogP contribution in [-0.2, 0) is 14.6 Å². The molecule has 0 aliphatic heterocycles. The zero-order valence-electron chi connectivity index (χ0n) is 12.3. The van der Waals surface area contributed by atoms with Gasteiger partial charge in [0.2, 0.25) is 5.91 Å². The number of amides is 1. The van der Waals surface area contributed by atoms with Crippen molar-refractivity contribution in [1.82, 2.24) is 0 Å². The average molecular weight is 313 g/mol. The van der Waals surface area contributed by atoms with E-state index in [9.17, 15) is 13.2 Å². The van der Waals surface area contributed by atoms with E-state index in [-0.39, 0.29) is 5.75 Å². The van der Waals surface area contributed by atoms with E-state index >= 15 is 0 Å². The summed E-state index contributed by atoms with van der Waals surface area (Å²) >= 11 is 0. The molecule has 1 unspecified atom stereocenters. The summed E-state index contributed by atoms with van der Waals surface area (Å²) in [5.41, 5.74) is 0.429. The highest BCUT2D eigenvalue weighted by Gasteiger charge is 2.26. The van der Waals surface area contributed by atoms with E-state index in [1.165, 1.54) is 27.2 Å². The number of anilines is 1. The summed E-state index contributed by atoms with van der Waals surface area (Å²) in [5.74, 6) is 0.108. The van der Waals surface area contributed by atoms with Crippen molar-refractivity contribution < 1.29 is 22.7 Å². The van der Waals surface area contributed by atoms with Gasteiger partial charge >= 0.3 is 0 Å². The molecule has 0 fully saturated rings. The smallest absolute Gasteiger partial charge is 0.242 e. The summed E-state index contributed by atoms with van der Waals surface area (Å²) in [6.07, 6.45) is 1.26. The summed E-state index contributed by atoms with van der Waals surface area (Å²) in [6, 6.07) is 4.78. The summed E-state index contributed by atoms with van der Waals surface area (Å²) < 4.78 is 33.8. The minimum atomic E-state index is -3.54. The highest BCUT2D eigenvalue weighted by molar-refractivity contribution is 7.92. The van der Waals surface area contributed by atoms with Crippen LogP contribution in [-0.4, -0.2) is 39.5 Å². The maximum absolute atomic E-state index is 12.0. The largest absolute Gasteiger partial charge is 0.493 e. The van der Waals surface area contributed by atoms with E-state index in [4.69, 9.17) is 9.47 Å². The van der Waals surface area contributed by atoms with Crippen molar-refractivity contribution in [2.24, 2.45) is 0 Å². The molecule has 0 aliphatic carbocycles. The van der Waals surface area contributed by atoms with Gasteiger partial charge in [-0.2, -0.15) is 0 Å². The number of rotatable bonds is 7. The van der Waals surface area contributed by atoms with E-state index in [1.54, 1.807) is 18.2 Å². The third kappa shape index (κ3) is 4.22. The van der Waals surface area contributed by atoms with Crippen LogP contribution in [0, 0.1) is 0 Å². The molecule has 1 aromatic carbocycles. The van der Waals surface area contributed by atoms with Crippen LogP contribution in [0.25, 0.3) is 0 Å². The van der Waals surface area contributed by atoms with Crippen LogP contribution >= 0.6 is 0 Å². The molecular formula is C14H19NO5S. The van der Waals surface area contributed by atoms with Gasteiger partial charge in [0.1, 0.15) is 5.25 Å². The highest BCUT2D eigenvalue weighted by Crippen LogP contribution is 2.29. The van der Waals surface area contributed by atoms with Crippen LogP contribution < -0.4 is 14.8 Å². The molecule has 0 saturated heterocycles. The SMILES string of the molecule is C=CCS(=O)(=O)C(C)C(=O)Nc1ccc(OC)c(OC)c1. The Morgan fingerprint density at radius 2 is 1.95 bits per heavy atom. The second-order valence-corrected chi connectivity index (χ2v) is 6.69. The molecule has 6 nitrogen and oxygen atoms in total. The molecule has 1 atom stereocenters. The number of methoxy groups -OCH3 is 2. The van der Waals surface area contributed by atoms with Crippen LogP contribution in [0.1, 0.15) is 6.92 Å². The fraction of sp³-hybridized carbons (Fsp3) is 0.357. The third-order valence-electron chi connectivity index (χ3n) is 2.91. The maximum atomic E-state index is 12.0. The standard InChI is InChI=1S/C14H19NO5S/c1-5-8-21(17,18)10(2)14(16)15-11-6-7-12(19-3)13(9-11)20-4/h5-7,9-10H,1,8H2,2-4H3,(H,15,16). The molecule has 116 valence electrons. The van der Waals surface area contributed by atoms with Gasteiger partial charge in [0.25, 0.3) is 0 Å². The fourth-order valence-electron chi connectivity index (χ4n) is 1.63. The Morgan fingerprint density at radius 1 is 1.33 bits per heavy atom. The van der Waals surface area contributed by atoms with Gasteiger partial charge in [0, 0.05) is 11.8 Å². The van der Waals surface area contributed by atoms with E-state index in [0.717, 1.165) is 0 Å². The van der Waals surface area contributed by atoms with Crippen LogP contribution in [0.2, 0.25) is 0 Å². The molecule has 1 N–H and O–H groups in total. The molecule has 7 heteroatoms. The second kappa shape index (κ2) is 7.12. The quantitative estimate of drug-likeness (QED) is 0.774. The molecule has 0 aromatic heterocycles. The Hall–Kier alpha value is -2.02. The Bertz CT molecular complexity index is 624. The number of carbonyl (C=O) groups excluding carboxylic acids is 1. The number of hydrogen-bond acceptors (Lipinski definition) is 5. The lowest BCUT2D eigenvalue weighted by molar-refractivity contribution is -0.115. The first-order chi connectivity index (χ1) is 9.85. The van der Waals surface area contributed by atoms with Crippen LogP contribution in [0.3, 0.4) is 0 Å². The number of nitrogens with one attached hydrogen (secondary N) is 1. The molecule has 0 aliphatic rings. The normalized spacial score (nSPS) is 12.3.